The first kappa shape index (κ1) is 22.4. The summed E-state index contributed by atoms with van der Waals surface area (Å²) in [5, 5.41) is 19.1. The number of rotatable bonds is 2. The summed E-state index contributed by atoms with van der Waals surface area (Å²) in [7, 11) is 0. The number of carbonyl (C=O) groups excluding carboxylic acids is 1. The molecule has 1 amide bonds. The summed E-state index contributed by atoms with van der Waals surface area (Å²) in [6.07, 6.45) is -9.70. The summed E-state index contributed by atoms with van der Waals surface area (Å²) in [6.45, 7) is 2.39. The summed E-state index contributed by atoms with van der Waals surface area (Å²) in [5.41, 5.74) is -4.70. The van der Waals surface area contributed by atoms with Crippen molar-refractivity contribution in [1.82, 2.24) is 15.2 Å². The van der Waals surface area contributed by atoms with Gasteiger partial charge in [0.15, 0.2) is 5.60 Å². The van der Waals surface area contributed by atoms with Gasteiger partial charge in [0.05, 0.1) is 23.2 Å². The van der Waals surface area contributed by atoms with E-state index in [4.69, 9.17) is 0 Å². The van der Waals surface area contributed by atoms with Crippen molar-refractivity contribution in [3.63, 3.8) is 0 Å². The Labute approximate surface area is 177 Å². The van der Waals surface area contributed by atoms with E-state index in [1.807, 2.05) is 0 Å². The SMILES string of the molecule is C[C@H]1CN(c2ccc(C(F)(F)F)cn2)CC[C@H]1c1n[nH]c2c1[C@@](O)(C(F)(F)F)CC(=O)N2. The van der Waals surface area contributed by atoms with Crippen LogP contribution < -0.4 is 10.2 Å². The molecule has 4 rings (SSSR count). The Kier molecular flexibility index (Phi) is 5.14. The van der Waals surface area contributed by atoms with Crippen LogP contribution in [0.2, 0.25) is 0 Å². The minimum atomic E-state index is -5.09. The van der Waals surface area contributed by atoms with Gasteiger partial charge < -0.3 is 15.3 Å². The molecule has 1 saturated heterocycles. The summed E-state index contributed by atoms with van der Waals surface area (Å²) in [6, 6.07) is 2.18. The average Bonchev–Trinajstić information content (AvgIpc) is 3.10. The summed E-state index contributed by atoms with van der Waals surface area (Å²) >= 11 is 0. The highest BCUT2D eigenvalue weighted by Crippen LogP contribution is 2.50. The highest BCUT2D eigenvalue weighted by atomic mass is 19.4. The van der Waals surface area contributed by atoms with E-state index in [9.17, 15) is 36.2 Å². The Balaban J connectivity index is 1.59. The van der Waals surface area contributed by atoms with E-state index in [-0.39, 0.29) is 17.4 Å². The van der Waals surface area contributed by atoms with Crippen molar-refractivity contribution >= 4 is 17.5 Å². The van der Waals surface area contributed by atoms with Crippen LogP contribution in [0.3, 0.4) is 0 Å². The molecule has 3 N–H and O–H groups in total. The fraction of sp³-hybridized carbons (Fsp3) is 0.526. The van der Waals surface area contributed by atoms with Gasteiger partial charge in [-0.1, -0.05) is 6.92 Å². The van der Waals surface area contributed by atoms with Crippen LogP contribution in [-0.4, -0.2) is 45.5 Å². The topological polar surface area (TPSA) is 94.1 Å². The van der Waals surface area contributed by atoms with Crippen molar-refractivity contribution in [3.8, 4) is 0 Å². The number of fused-ring (bicyclic) bond motifs is 1. The molecule has 0 aromatic carbocycles. The van der Waals surface area contributed by atoms with Gasteiger partial charge in [0, 0.05) is 25.2 Å². The van der Waals surface area contributed by atoms with Crippen molar-refractivity contribution < 1.29 is 36.2 Å². The number of aliphatic hydroxyl groups is 1. The molecular weight excluding hydrogens is 444 g/mol. The molecule has 32 heavy (non-hydrogen) atoms. The molecular formula is C19H19F6N5O2. The number of nitrogens with one attached hydrogen (secondary N) is 2. The Morgan fingerprint density at radius 1 is 1.22 bits per heavy atom. The third kappa shape index (κ3) is 3.67. The number of piperidine rings is 1. The van der Waals surface area contributed by atoms with Crippen molar-refractivity contribution in [2.75, 3.05) is 23.3 Å². The van der Waals surface area contributed by atoms with Gasteiger partial charge >= 0.3 is 12.4 Å². The van der Waals surface area contributed by atoms with Gasteiger partial charge in [0.2, 0.25) is 5.91 Å². The van der Waals surface area contributed by atoms with Crippen LogP contribution in [0.15, 0.2) is 18.3 Å². The summed E-state index contributed by atoms with van der Waals surface area (Å²) < 4.78 is 79.4. The van der Waals surface area contributed by atoms with Crippen LogP contribution in [0.25, 0.3) is 0 Å². The minimum absolute atomic E-state index is 0.0207. The lowest BCUT2D eigenvalue weighted by Crippen LogP contribution is -2.49. The van der Waals surface area contributed by atoms with Crippen molar-refractivity contribution in [1.29, 1.82) is 0 Å². The third-order valence-corrected chi connectivity index (χ3v) is 6.01. The molecule has 0 aliphatic carbocycles. The maximum Gasteiger partial charge on any atom is 0.422 e. The molecule has 174 valence electrons. The lowest BCUT2D eigenvalue weighted by Gasteiger charge is -2.39. The number of aromatic nitrogens is 3. The lowest BCUT2D eigenvalue weighted by atomic mass is 9.77. The zero-order valence-corrected chi connectivity index (χ0v) is 16.7. The van der Waals surface area contributed by atoms with Gasteiger partial charge in [-0.3, -0.25) is 9.89 Å². The zero-order chi connectivity index (χ0) is 23.5. The highest BCUT2D eigenvalue weighted by molar-refractivity contribution is 5.94. The standard InChI is InChI=1S/C19H19F6N5O2/c1-9-8-30(12-3-2-10(7-26-12)18(20,21)22)5-4-11(9)15-14-16(29-28-15)27-13(31)6-17(14,32)19(23,24)25/h2-3,7,9,11,32H,4-6,8H2,1H3,(H2,27,28,29,31)/t9-,11+,17+/m0/s1. The molecule has 2 aliphatic rings. The highest BCUT2D eigenvalue weighted by Gasteiger charge is 2.61. The normalized spacial score (nSPS) is 26.6. The maximum atomic E-state index is 13.7. The molecule has 1 fully saturated rings. The minimum Gasteiger partial charge on any atom is -0.376 e. The van der Waals surface area contributed by atoms with E-state index < -0.39 is 47.3 Å². The number of alkyl halides is 6. The largest absolute Gasteiger partial charge is 0.422 e. The Morgan fingerprint density at radius 2 is 1.94 bits per heavy atom. The smallest absolute Gasteiger partial charge is 0.376 e. The van der Waals surface area contributed by atoms with Gasteiger partial charge in [0.1, 0.15) is 11.6 Å². The van der Waals surface area contributed by atoms with Crippen LogP contribution in [-0.2, 0) is 16.6 Å². The van der Waals surface area contributed by atoms with E-state index in [0.29, 0.717) is 25.3 Å². The van der Waals surface area contributed by atoms with E-state index >= 15 is 0 Å². The van der Waals surface area contributed by atoms with Gasteiger partial charge in [-0.15, -0.1) is 0 Å². The average molecular weight is 463 g/mol. The van der Waals surface area contributed by atoms with Crippen LogP contribution in [0, 0.1) is 5.92 Å². The number of pyridine rings is 1. The van der Waals surface area contributed by atoms with Crippen molar-refractivity contribution in [3.05, 3.63) is 35.2 Å². The van der Waals surface area contributed by atoms with Crippen LogP contribution in [0.4, 0.5) is 38.0 Å². The fourth-order valence-electron chi connectivity index (χ4n) is 4.38. The molecule has 4 heterocycles. The van der Waals surface area contributed by atoms with Gasteiger partial charge in [-0.2, -0.15) is 31.4 Å². The molecule has 0 unspecified atom stereocenters. The maximum absolute atomic E-state index is 13.7. The van der Waals surface area contributed by atoms with Gasteiger partial charge in [-0.05, 0) is 24.5 Å². The van der Waals surface area contributed by atoms with Crippen molar-refractivity contribution in [2.45, 2.75) is 43.6 Å². The number of hydrogen-bond donors (Lipinski definition) is 3. The Bertz CT molecular complexity index is 1020. The first-order chi connectivity index (χ1) is 14.8. The number of anilines is 2. The second-order valence-electron chi connectivity index (χ2n) is 8.16. The lowest BCUT2D eigenvalue weighted by molar-refractivity contribution is -0.267. The number of amides is 1. The number of hydrogen-bond acceptors (Lipinski definition) is 5. The van der Waals surface area contributed by atoms with Crippen LogP contribution >= 0.6 is 0 Å². The van der Waals surface area contributed by atoms with E-state index in [2.05, 4.69) is 20.5 Å². The van der Waals surface area contributed by atoms with Crippen molar-refractivity contribution in [2.24, 2.45) is 5.92 Å². The third-order valence-electron chi connectivity index (χ3n) is 6.01. The van der Waals surface area contributed by atoms with E-state index in [1.54, 1.807) is 11.8 Å². The van der Waals surface area contributed by atoms with Crippen LogP contribution in [0.5, 0.6) is 0 Å². The molecule has 2 aromatic heterocycles. The predicted molar refractivity (Wildman–Crippen MR) is 99.8 cm³/mol. The van der Waals surface area contributed by atoms with Gasteiger partial charge in [-0.25, -0.2) is 4.98 Å². The van der Waals surface area contributed by atoms with E-state index in [0.717, 1.165) is 12.3 Å². The number of nitrogens with zero attached hydrogens (tertiary/aromatic N) is 3. The summed E-state index contributed by atoms with van der Waals surface area (Å²) in [5.74, 6) is -1.69. The molecule has 0 radical (unpaired) electrons. The molecule has 2 aliphatic heterocycles. The molecule has 13 heteroatoms. The van der Waals surface area contributed by atoms with Crippen LogP contribution in [0.1, 0.15) is 42.5 Å². The number of aromatic amines is 1. The quantitative estimate of drug-likeness (QED) is 0.593. The monoisotopic (exact) mass is 463 g/mol. The fourth-order valence-corrected chi connectivity index (χ4v) is 4.38. The second-order valence-corrected chi connectivity index (χ2v) is 8.16. The molecule has 2 aromatic rings. The molecule has 3 atom stereocenters. The number of halogens is 6. The number of carbonyl (C=O) groups is 1. The first-order valence-corrected chi connectivity index (χ1v) is 9.77. The van der Waals surface area contributed by atoms with Gasteiger partial charge in [0.25, 0.3) is 0 Å². The summed E-state index contributed by atoms with van der Waals surface area (Å²) in [4.78, 5) is 17.3. The Morgan fingerprint density at radius 3 is 2.50 bits per heavy atom. The zero-order valence-electron chi connectivity index (χ0n) is 16.7. The number of H-pyrrole nitrogens is 1. The molecule has 0 spiro atoms. The molecule has 7 nitrogen and oxygen atoms in total. The first-order valence-electron chi connectivity index (χ1n) is 9.77. The van der Waals surface area contributed by atoms with E-state index in [1.165, 1.54) is 6.07 Å². The Hall–Kier alpha value is -2.83. The predicted octanol–water partition coefficient (Wildman–Crippen LogP) is 3.55. The molecule has 0 saturated carbocycles. The second kappa shape index (κ2) is 7.36. The molecule has 0 bridgehead atoms.